The zero-order valence-electron chi connectivity index (χ0n) is 13.5. The highest BCUT2D eigenvalue weighted by atomic mass is 32.2. The predicted octanol–water partition coefficient (Wildman–Crippen LogP) is 1.21. The molecule has 0 aromatic carbocycles. The quantitative estimate of drug-likeness (QED) is 0.875. The first-order chi connectivity index (χ1) is 11.0. The van der Waals surface area contributed by atoms with Gasteiger partial charge in [-0.2, -0.15) is 17.4 Å². The van der Waals surface area contributed by atoms with Crippen molar-refractivity contribution in [1.29, 1.82) is 0 Å². The Balaban J connectivity index is 1.61. The maximum Gasteiger partial charge on any atom is 0.279 e. The van der Waals surface area contributed by atoms with E-state index in [0.29, 0.717) is 32.2 Å². The number of aromatic nitrogens is 1. The molecule has 0 bridgehead atoms. The van der Waals surface area contributed by atoms with Gasteiger partial charge >= 0.3 is 0 Å². The lowest BCUT2D eigenvalue weighted by Crippen LogP contribution is -2.50. The summed E-state index contributed by atoms with van der Waals surface area (Å²) < 4.78 is 35.2. The largest absolute Gasteiger partial charge is 0.379 e. The van der Waals surface area contributed by atoms with E-state index >= 15 is 0 Å². The van der Waals surface area contributed by atoms with Gasteiger partial charge in [0.15, 0.2) is 0 Å². The number of hydrogen-bond acceptors (Lipinski definition) is 4. The molecule has 2 aliphatic heterocycles. The Morgan fingerprint density at radius 2 is 1.96 bits per heavy atom. The Kier molecular flexibility index (Phi) is 5.31. The Bertz CT molecular complexity index is 600. The van der Waals surface area contributed by atoms with Crippen molar-refractivity contribution in [3.05, 3.63) is 30.1 Å². The minimum absolute atomic E-state index is 0.160. The van der Waals surface area contributed by atoms with Gasteiger partial charge in [0.2, 0.25) is 0 Å². The van der Waals surface area contributed by atoms with Crippen LogP contribution in [0.5, 0.6) is 0 Å². The van der Waals surface area contributed by atoms with E-state index in [4.69, 9.17) is 4.74 Å². The van der Waals surface area contributed by atoms with Crippen LogP contribution in [0.4, 0.5) is 0 Å². The maximum absolute atomic E-state index is 12.6. The summed E-state index contributed by atoms with van der Waals surface area (Å²) in [5.41, 5.74) is 1.16. The highest BCUT2D eigenvalue weighted by Crippen LogP contribution is 2.22. The number of hydrogen-bond donors (Lipinski definition) is 1. The minimum Gasteiger partial charge on any atom is -0.379 e. The van der Waals surface area contributed by atoms with Crippen LogP contribution in [-0.4, -0.2) is 50.1 Å². The highest BCUT2D eigenvalue weighted by Gasteiger charge is 2.35. The van der Waals surface area contributed by atoms with Crippen LogP contribution in [0.3, 0.4) is 0 Å². The summed E-state index contributed by atoms with van der Waals surface area (Å²) in [5.74, 6) is 0.770. The molecule has 0 spiro atoms. The summed E-state index contributed by atoms with van der Waals surface area (Å²) >= 11 is 0. The summed E-state index contributed by atoms with van der Waals surface area (Å²) in [6.07, 6.45) is 6.19. The molecule has 0 amide bonds. The summed E-state index contributed by atoms with van der Waals surface area (Å²) in [5, 5.41) is 0. The Morgan fingerprint density at radius 3 is 2.65 bits per heavy atom. The van der Waals surface area contributed by atoms with Gasteiger partial charge in [-0.25, -0.2) is 0 Å². The number of rotatable bonds is 5. The lowest BCUT2D eigenvalue weighted by molar-refractivity contribution is 0.183. The first kappa shape index (κ1) is 16.8. The predicted molar refractivity (Wildman–Crippen MR) is 88.1 cm³/mol. The second-order valence-electron chi connectivity index (χ2n) is 6.67. The Labute approximate surface area is 138 Å². The zero-order valence-corrected chi connectivity index (χ0v) is 14.3. The third kappa shape index (κ3) is 4.29. The molecule has 2 aliphatic rings. The topological polar surface area (TPSA) is 71.5 Å². The van der Waals surface area contributed by atoms with E-state index in [-0.39, 0.29) is 12.0 Å². The van der Waals surface area contributed by atoms with Crippen LogP contribution < -0.4 is 4.72 Å². The molecule has 2 fully saturated rings. The summed E-state index contributed by atoms with van der Waals surface area (Å²) in [6.45, 7) is 4.43. The van der Waals surface area contributed by atoms with Crippen molar-refractivity contribution in [2.45, 2.75) is 32.2 Å². The van der Waals surface area contributed by atoms with Crippen LogP contribution in [0, 0.1) is 11.8 Å². The highest BCUT2D eigenvalue weighted by molar-refractivity contribution is 7.87. The third-order valence-corrected chi connectivity index (χ3v) is 6.47. The molecule has 2 atom stereocenters. The second-order valence-corrected chi connectivity index (χ2v) is 8.37. The normalized spacial score (nSPS) is 27.3. The SMILES string of the molecule is CC1CCN(S(=O)(=O)N[C@H]2COC[C@H]2Cc2ccncc2)CC1. The van der Waals surface area contributed by atoms with E-state index in [0.717, 1.165) is 24.8 Å². The molecule has 0 aliphatic carbocycles. The van der Waals surface area contributed by atoms with Gasteiger partial charge in [-0.05, 0) is 42.9 Å². The van der Waals surface area contributed by atoms with Gasteiger partial charge in [-0.1, -0.05) is 6.92 Å². The van der Waals surface area contributed by atoms with Crippen LogP contribution in [0.15, 0.2) is 24.5 Å². The van der Waals surface area contributed by atoms with Crippen molar-refractivity contribution in [3.63, 3.8) is 0 Å². The lowest BCUT2D eigenvalue weighted by atomic mass is 9.96. The Hall–Kier alpha value is -1.02. The van der Waals surface area contributed by atoms with Gasteiger partial charge in [0, 0.05) is 31.4 Å². The first-order valence-electron chi connectivity index (χ1n) is 8.28. The molecule has 23 heavy (non-hydrogen) atoms. The van der Waals surface area contributed by atoms with Crippen molar-refractivity contribution in [3.8, 4) is 0 Å². The summed E-state index contributed by atoms with van der Waals surface area (Å²) in [6, 6.07) is 3.78. The van der Waals surface area contributed by atoms with Crippen molar-refractivity contribution in [2.24, 2.45) is 11.8 Å². The minimum atomic E-state index is -3.42. The molecule has 0 unspecified atom stereocenters. The van der Waals surface area contributed by atoms with Crippen molar-refractivity contribution in [2.75, 3.05) is 26.3 Å². The third-order valence-electron chi connectivity index (χ3n) is 4.83. The van der Waals surface area contributed by atoms with E-state index < -0.39 is 10.2 Å². The van der Waals surface area contributed by atoms with Crippen LogP contribution in [-0.2, 0) is 21.4 Å². The van der Waals surface area contributed by atoms with Crippen molar-refractivity contribution >= 4 is 10.2 Å². The second kappa shape index (κ2) is 7.25. The van der Waals surface area contributed by atoms with E-state index in [1.165, 1.54) is 0 Å². The van der Waals surface area contributed by atoms with Gasteiger partial charge in [-0.15, -0.1) is 0 Å². The molecular formula is C16H25N3O3S. The number of nitrogens with zero attached hydrogens (tertiary/aromatic N) is 2. The number of piperidine rings is 1. The molecule has 6 nitrogen and oxygen atoms in total. The van der Waals surface area contributed by atoms with Crippen LogP contribution in [0.25, 0.3) is 0 Å². The molecule has 0 saturated carbocycles. The fourth-order valence-corrected chi connectivity index (χ4v) is 4.73. The number of pyridine rings is 1. The lowest BCUT2D eigenvalue weighted by Gasteiger charge is -2.31. The monoisotopic (exact) mass is 339 g/mol. The van der Waals surface area contributed by atoms with E-state index in [9.17, 15) is 8.42 Å². The molecule has 2 saturated heterocycles. The average molecular weight is 339 g/mol. The van der Waals surface area contributed by atoms with Crippen LogP contribution in [0.2, 0.25) is 0 Å². The zero-order chi connectivity index (χ0) is 16.3. The van der Waals surface area contributed by atoms with Crippen LogP contribution in [0.1, 0.15) is 25.3 Å². The van der Waals surface area contributed by atoms with Gasteiger partial charge in [0.25, 0.3) is 10.2 Å². The smallest absolute Gasteiger partial charge is 0.279 e. The van der Waals surface area contributed by atoms with Gasteiger partial charge < -0.3 is 4.74 Å². The van der Waals surface area contributed by atoms with Crippen molar-refractivity contribution in [1.82, 2.24) is 14.0 Å². The molecular weight excluding hydrogens is 314 g/mol. The van der Waals surface area contributed by atoms with E-state index in [1.807, 2.05) is 12.1 Å². The fourth-order valence-electron chi connectivity index (χ4n) is 3.24. The van der Waals surface area contributed by atoms with Gasteiger partial charge in [0.1, 0.15) is 0 Å². The molecule has 1 aromatic rings. The summed E-state index contributed by atoms with van der Waals surface area (Å²) in [7, 11) is -3.42. The fraction of sp³-hybridized carbons (Fsp3) is 0.688. The maximum atomic E-state index is 12.6. The molecule has 0 radical (unpaired) electrons. The standard InChI is InChI=1S/C16H25N3O3S/c1-13-4-8-19(9-5-13)23(20,21)18-16-12-22-11-15(16)10-14-2-6-17-7-3-14/h2-3,6-7,13,15-16,18H,4-5,8-12H2,1H3/t15-,16+/m1/s1. The average Bonchev–Trinajstić information content (AvgIpc) is 2.95. The number of nitrogens with one attached hydrogen (secondary N) is 1. The summed E-state index contributed by atoms with van der Waals surface area (Å²) in [4.78, 5) is 4.02. The molecule has 7 heteroatoms. The Morgan fingerprint density at radius 1 is 1.26 bits per heavy atom. The molecule has 1 aromatic heterocycles. The molecule has 128 valence electrons. The number of ether oxygens (including phenoxy) is 1. The van der Waals surface area contributed by atoms with E-state index in [2.05, 4.69) is 16.6 Å². The van der Waals surface area contributed by atoms with Gasteiger partial charge in [0.05, 0.1) is 19.3 Å². The first-order valence-corrected chi connectivity index (χ1v) is 9.72. The molecule has 3 heterocycles. The van der Waals surface area contributed by atoms with Crippen LogP contribution >= 0.6 is 0 Å². The van der Waals surface area contributed by atoms with Gasteiger partial charge in [-0.3, -0.25) is 4.98 Å². The molecule has 1 N–H and O–H groups in total. The molecule has 3 rings (SSSR count). The van der Waals surface area contributed by atoms with E-state index in [1.54, 1.807) is 16.7 Å². The van der Waals surface area contributed by atoms with Crippen molar-refractivity contribution < 1.29 is 13.2 Å².